The lowest BCUT2D eigenvalue weighted by Gasteiger charge is -2.28. The van der Waals surface area contributed by atoms with Crippen molar-refractivity contribution in [3.05, 3.63) is 0 Å². The Morgan fingerprint density at radius 1 is 1.52 bits per heavy atom. The number of carbonyl (C=O) groups is 2. The number of hydrogen-bond acceptors (Lipinski definition) is 4. The molecule has 0 aromatic rings. The molecule has 0 aliphatic carbocycles. The van der Waals surface area contributed by atoms with Gasteiger partial charge in [-0.2, -0.15) is 0 Å². The molecular formula is C14H27N3O4. The number of ether oxygens (including phenoxy) is 1. The lowest BCUT2D eigenvalue weighted by Crippen LogP contribution is -2.46. The smallest absolute Gasteiger partial charge is 0.317 e. The first kappa shape index (κ1) is 17.7. The maximum absolute atomic E-state index is 12.0. The number of carbonyl (C=O) groups excluding carboxylic acids is 1. The Hall–Kier alpha value is -1.34. The van der Waals surface area contributed by atoms with E-state index in [-0.39, 0.29) is 19.0 Å². The van der Waals surface area contributed by atoms with E-state index in [1.165, 1.54) is 13.5 Å². The Labute approximate surface area is 126 Å². The molecular weight excluding hydrogens is 274 g/mol. The Morgan fingerprint density at radius 2 is 2.24 bits per heavy atom. The van der Waals surface area contributed by atoms with E-state index in [9.17, 15) is 9.59 Å². The molecule has 7 heteroatoms. The number of aliphatic carboxylic acids is 1. The van der Waals surface area contributed by atoms with Gasteiger partial charge in [0, 0.05) is 33.3 Å². The molecule has 122 valence electrons. The number of methoxy groups -OCH3 is 1. The monoisotopic (exact) mass is 301 g/mol. The zero-order valence-electron chi connectivity index (χ0n) is 13.2. The molecule has 2 atom stereocenters. The summed E-state index contributed by atoms with van der Waals surface area (Å²) >= 11 is 0. The highest BCUT2D eigenvalue weighted by molar-refractivity contribution is 5.74. The summed E-state index contributed by atoms with van der Waals surface area (Å²) in [5.41, 5.74) is 0. The molecule has 1 fully saturated rings. The predicted octanol–water partition coefficient (Wildman–Crippen LogP) is 0.602. The van der Waals surface area contributed by atoms with Crippen molar-refractivity contribution in [2.45, 2.75) is 38.3 Å². The molecule has 7 nitrogen and oxygen atoms in total. The van der Waals surface area contributed by atoms with Gasteiger partial charge in [-0.25, -0.2) is 4.79 Å². The van der Waals surface area contributed by atoms with Crippen molar-refractivity contribution < 1.29 is 19.4 Å². The predicted molar refractivity (Wildman–Crippen MR) is 79.3 cm³/mol. The Bertz CT molecular complexity index is 351. The van der Waals surface area contributed by atoms with Crippen LogP contribution >= 0.6 is 0 Å². The van der Waals surface area contributed by atoms with Crippen molar-refractivity contribution in [2.75, 3.05) is 40.3 Å². The highest BCUT2D eigenvalue weighted by Gasteiger charge is 2.25. The maximum Gasteiger partial charge on any atom is 0.317 e. The van der Waals surface area contributed by atoms with Gasteiger partial charge in [0.05, 0.1) is 12.5 Å². The third-order valence-corrected chi connectivity index (χ3v) is 3.95. The SMILES string of the molecule is CCN1CCCC1CN(C)C(=O)NCC(CC(=O)O)OC. The summed E-state index contributed by atoms with van der Waals surface area (Å²) in [6, 6.07) is 0.230. The maximum atomic E-state index is 12.0. The highest BCUT2D eigenvalue weighted by atomic mass is 16.5. The van der Waals surface area contributed by atoms with Crippen LogP contribution in [0.4, 0.5) is 4.79 Å². The van der Waals surface area contributed by atoms with Crippen LogP contribution in [0, 0.1) is 0 Å². The first-order chi connectivity index (χ1) is 9.97. The van der Waals surface area contributed by atoms with Crippen LogP contribution in [0.1, 0.15) is 26.2 Å². The fourth-order valence-corrected chi connectivity index (χ4v) is 2.69. The minimum absolute atomic E-state index is 0.118. The average Bonchev–Trinajstić information content (AvgIpc) is 2.89. The van der Waals surface area contributed by atoms with Crippen LogP contribution in [0.25, 0.3) is 0 Å². The van der Waals surface area contributed by atoms with Gasteiger partial charge in [-0.3, -0.25) is 9.69 Å². The van der Waals surface area contributed by atoms with E-state index >= 15 is 0 Å². The number of hydrogen-bond donors (Lipinski definition) is 2. The molecule has 1 saturated heterocycles. The van der Waals surface area contributed by atoms with Gasteiger partial charge in [-0.05, 0) is 25.9 Å². The van der Waals surface area contributed by atoms with E-state index in [1.54, 1.807) is 11.9 Å². The Kier molecular flexibility index (Phi) is 7.45. The minimum atomic E-state index is -0.936. The summed E-state index contributed by atoms with van der Waals surface area (Å²) in [5, 5.41) is 11.5. The largest absolute Gasteiger partial charge is 0.481 e. The fourth-order valence-electron chi connectivity index (χ4n) is 2.69. The number of urea groups is 1. The van der Waals surface area contributed by atoms with Gasteiger partial charge in [0.25, 0.3) is 0 Å². The number of likely N-dealkylation sites (tertiary alicyclic amines) is 1. The molecule has 1 aliphatic rings. The zero-order valence-corrected chi connectivity index (χ0v) is 13.2. The third kappa shape index (κ3) is 5.89. The molecule has 0 spiro atoms. The van der Waals surface area contributed by atoms with Crippen LogP contribution in [0.5, 0.6) is 0 Å². The highest BCUT2D eigenvalue weighted by Crippen LogP contribution is 2.17. The number of carboxylic acids is 1. The number of nitrogens with one attached hydrogen (secondary N) is 1. The standard InChI is InChI=1S/C14H27N3O4/c1-4-17-7-5-6-11(17)10-16(2)14(20)15-9-12(21-3)8-13(18)19/h11-12H,4-10H2,1-3H3,(H,15,20)(H,18,19). The van der Waals surface area contributed by atoms with E-state index in [1.807, 2.05) is 0 Å². The fraction of sp³-hybridized carbons (Fsp3) is 0.857. The topological polar surface area (TPSA) is 82.1 Å². The number of rotatable bonds is 8. The van der Waals surface area contributed by atoms with Gasteiger partial charge in [0.15, 0.2) is 0 Å². The van der Waals surface area contributed by atoms with E-state index in [0.29, 0.717) is 12.6 Å². The molecule has 0 aromatic carbocycles. The summed E-state index contributed by atoms with van der Waals surface area (Å²) in [4.78, 5) is 26.7. The van der Waals surface area contributed by atoms with E-state index in [0.717, 1.165) is 19.5 Å². The Balaban J connectivity index is 2.35. The molecule has 2 amide bonds. The lowest BCUT2D eigenvalue weighted by molar-refractivity contribution is -0.139. The van der Waals surface area contributed by atoms with Gasteiger partial charge < -0.3 is 20.1 Å². The van der Waals surface area contributed by atoms with E-state index < -0.39 is 12.1 Å². The summed E-state index contributed by atoms with van der Waals surface area (Å²) in [6.45, 7) is 5.13. The molecule has 0 radical (unpaired) electrons. The third-order valence-electron chi connectivity index (χ3n) is 3.95. The van der Waals surface area contributed by atoms with Crippen LogP contribution in [-0.4, -0.2) is 79.4 Å². The van der Waals surface area contributed by atoms with Crippen molar-refractivity contribution in [1.29, 1.82) is 0 Å². The minimum Gasteiger partial charge on any atom is -0.481 e. The second-order valence-corrected chi connectivity index (χ2v) is 5.45. The molecule has 0 bridgehead atoms. The van der Waals surface area contributed by atoms with E-state index in [4.69, 9.17) is 9.84 Å². The summed E-state index contributed by atoms with van der Waals surface area (Å²) in [6.07, 6.45) is 1.68. The van der Waals surface area contributed by atoms with Crippen LogP contribution in [-0.2, 0) is 9.53 Å². The van der Waals surface area contributed by atoms with Gasteiger partial charge in [0.2, 0.25) is 0 Å². The zero-order chi connectivity index (χ0) is 15.8. The second-order valence-electron chi connectivity index (χ2n) is 5.45. The quantitative estimate of drug-likeness (QED) is 0.686. The molecule has 0 aromatic heterocycles. The first-order valence-corrected chi connectivity index (χ1v) is 7.45. The van der Waals surface area contributed by atoms with Crippen LogP contribution in [0.3, 0.4) is 0 Å². The molecule has 21 heavy (non-hydrogen) atoms. The van der Waals surface area contributed by atoms with Gasteiger partial charge in [0.1, 0.15) is 0 Å². The van der Waals surface area contributed by atoms with Crippen molar-refractivity contribution in [3.63, 3.8) is 0 Å². The van der Waals surface area contributed by atoms with Crippen LogP contribution in [0.15, 0.2) is 0 Å². The number of carboxylic acid groups (broad SMARTS) is 1. The lowest BCUT2D eigenvalue weighted by atomic mass is 10.2. The molecule has 0 saturated carbocycles. The van der Waals surface area contributed by atoms with Crippen molar-refractivity contribution >= 4 is 12.0 Å². The van der Waals surface area contributed by atoms with Crippen molar-refractivity contribution in [2.24, 2.45) is 0 Å². The number of likely N-dealkylation sites (N-methyl/N-ethyl adjacent to an activating group) is 2. The van der Waals surface area contributed by atoms with Gasteiger partial charge in [-0.1, -0.05) is 6.92 Å². The summed E-state index contributed by atoms with van der Waals surface area (Å²) < 4.78 is 5.04. The van der Waals surface area contributed by atoms with Crippen LogP contribution < -0.4 is 5.32 Å². The average molecular weight is 301 g/mol. The Morgan fingerprint density at radius 3 is 2.81 bits per heavy atom. The molecule has 1 aliphatic heterocycles. The number of amides is 2. The molecule has 2 unspecified atom stereocenters. The van der Waals surface area contributed by atoms with Crippen LogP contribution in [0.2, 0.25) is 0 Å². The molecule has 1 rings (SSSR count). The van der Waals surface area contributed by atoms with Gasteiger partial charge >= 0.3 is 12.0 Å². The first-order valence-electron chi connectivity index (χ1n) is 7.45. The second kappa shape index (κ2) is 8.84. The summed E-state index contributed by atoms with van der Waals surface area (Å²) in [7, 11) is 3.21. The molecule has 2 N–H and O–H groups in total. The normalized spacial score (nSPS) is 20.2. The number of nitrogens with zero attached hydrogens (tertiary/aromatic N) is 2. The molecule has 1 heterocycles. The van der Waals surface area contributed by atoms with Gasteiger partial charge in [-0.15, -0.1) is 0 Å². The van der Waals surface area contributed by atoms with E-state index in [2.05, 4.69) is 17.1 Å². The summed E-state index contributed by atoms with van der Waals surface area (Å²) in [5.74, 6) is -0.936. The van der Waals surface area contributed by atoms with Crippen molar-refractivity contribution in [3.8, 4) is 0 Å². The van der Waals surface area contributed by atoms with Crippen molar-refractivity contribution in [1.82, 2.24) is 15.1 Å².